The lowest BCUT2D eigenvalue weighted by Crippen LogP contribution is -2.38. The van der Waals surface area contributed by atoms with E-state index < -0.39 is 17.8 Å². The summed E-state index contributed by atoms with van der Waals surface area (Å²) in [5.74, 6) is -0.988. The average molecular weight is 535 g/mol. The van der Waals surface area contributed by atoms with Crippen LogP contribution in [-0.4, -0.2) is 33.9 Å². The van der Waals surface area contributed by atoms with Gasteiger partial charge in [0.05, 0.1) is 5.69 Å². The molecule has 2 heterocycles. The van der Waals surface area contributed by atoms with Crippen LogP contribution >= 0.6 is 15.9 Å². The monoisotopic (exact) mass is 534 g/mol. The first-order valence-corrected chi connectivity index (χ1v) is 12.2. The molecular weight excluding hydrogens is 508 g/mol. The van der Waals surface area contributed by atoms with Gasteiger partial charge in [-0.05, 0) is 80.3 Å². The van der Waals surface area contributed by atoms with E-state index in [1.165, 1.54) is 11.1 Å². The van der Waals surface area contributed by atoms with Crippen LogP contribution in [0.3, 0.4) is 0 Å². The number of hydrogen-bond donors (Lipinski definition) is 2. The van der Waals surface area contributed by atoms with Gasteiger partial charge in [-0.25, -0.2) is 9.69 Å². The van der Waals surface area contributed by atoms with Gasteiger partial charge in [0.1, 0.15) is 12.2 Å². The minimum Gasteiger partial charge on any atom is -0.325 e. The Labute approximate surface area is 212 Å². The number of benzene rings is 2. The number of halogens is 1. The maximum atomic E-state index is 13.0. The summed E-state index contributed by atoms with van der Waals surface area (Å²) in [7, 11) is 0. The number of nitrogens with one attached hydrogen (secondary N) is 2. The lowest BCUT2D eigenvalue weighted by atomic mass is 10.1. The number of hydrogen-bond acceptors (Lipinski definition) is 3. The minimum atomic E-state index is -0.617. The number of imide groups is 1. The van der Waals surface area contributed by atoms with Gasteiger partial charge in [-0.15, -0.1) is 0 Å². The standard InChI is InChI=1S/C27H27BrN4O3/c1-5-19-8-6-7-16(2)25(19)32-17(3)13-20(18(32)4)14-23-26(34)31(27(35)30-23)15-24(33)29-22-11-9-21(28)10-12-22/h6-14H,5,15H2,1-4H3,(H,29,33)(H,30,35)/b23-14-. The van der Waals surface area contributed by atoms with Crippen molar-refractivity contribution >= 4 is 45.5 Å². The topological polar surface area (TPSA) is 83.4 Å². The highest BCUT2D eigenvalue weighted by molar-refractivity contribution is 9.10. The second-order valence-corrected chi connectivity index (χ2v) is 9.45. The molecule has 1 aliphatic heterocycles. The molecule has 0 aliphatic carbocycles. The smallest absolute Gasteiger partial charge is 0.325 e. The number of para-hydroxylation sites is 1. The summed E-state index contributed by atoms with van der Waals surface area (Å²) in [4.78, 5) is 38.8. The molecule has 7 nitrogen and oxygen atoms in total. The van der Waals surface area contributed by atoms with Crippen LogP contribution in [0.5, 0.6) is 0 Å². The fraction of sp³-hybridized carbons (Fsp3) is 0.222. The van der Waals surface area contributed by atoms with Crippen molar-refractivity contribution in [3.05, 3.63) is 86.8 Å². The SMILES string of the molecule is CCc1cccc(C)c1-n1c(C)cc(/C=C2\NC(=O)N(CC(=O)Nc3ccc(Br)cc3)C2=O)c1C. The first kappa shape index (κ1) is 24.5. The summed E-state index contributed by atoms with van der Waals surface area (Å²) in [6.45, 7) is 7.86. The zero-order chi connectivity index (χ0) is 25.3. The van der Waals surface area contributed by atoms with Gasteiger partial charge in [-0.2, -0.15) is 0 Å². The molecule has 0 bridgehead atoms. The van der Waals surface area contributed by atoms with Crippen LogP contribution in [0, 0.1) is 20.8 Å². The number of carbonyl (C=O) groups excluding carboxylic acids is 3. The lowest BCUT2D eigenvalue weighted by Gasteiger charge is -2.17. The molecule has 3 aromatic rings. The predicted molar refractivity (Wildman–Crippen MR) is 140 cm³/mol. The third-order valence-corrected chi connectivity index (χ3v) is 6.62. The van der Waals surface area contributed by atoms with Crippen molar-refractivity contribution in [2.45, 2.75) is 34.1 Å². The summed E-state index contributed by atoms with van der Waals surface area (Å²) in [6.07, 6.45) is 2.58. The van der Waals surface area contributed by atoms with Crippen molar-refractivity contribution in [1.29, 1.82) is 0 Å². The second-order valence-electron chi connectivity index (χ2n) is 8.53. The van der Waals surface area contributed by atoms with Crippen molar-refractivity contribution in [2.75, 3.05) is 11.9 Å². The quantitative estimate of drug-likeness (QED) is 0.334. The van der Waals surface area contributed by atoms with Crippen LogP contribution in [-0.2, 0) is 16.0 Å². The Bertz CT molecular complexity index is 1360. The number of amides is 4. The Morgan fingerprint density at radius 2 is 1.80 bits per heavy atom. The van der Waals surface area contributed by atoms with Crippen molar-refractivity contribution in [3.8, 4) is 5.69 Å². The maximum absolute atomic E-state index is 13.0. The van der Waals surface area contributed by atoms with E-state index in [1.807, 2.05) is 19.9 Å². The number of aryl methyl sites for hydroxylation is 3. The Hall–Kier alpha value is -3.65. The van der Waals surface area contributed by atoms with E-state index in [2.05, 4.69) is 63.2 Å². The van der Waals surface area contributed by atoms with Crippen LogP contribution in [0.1, 0.15) is 35.0 Å². The van der Waals surface area contributed by atoms with Gasteiger partial charge in [0.25, 0.3) is 5.91 Å². The van der Waals surface area contributed by atoms with E-state index in [4.69, 9.17) is 0 Å². The molecule has 8 heteroatoms. The molecular formula is C27H27BrN4O3. The Morgan fingerprint density at radius 1 is 1.09 bits per heavy atom. The molecule has 0 unspecified atom stereocenters. The molecule has 1 aliphatic rings. The maximum Gasteiger partial charge on any atom is 0.329 e. The zero-order valence-corrected chi connectivity index (χ0v) is 21.7. The molecule has 0 saturated carbocycles. The summed E-state index contributed by atoms with van der Waals surface area (Å²) >= 11 is 3.34. The number of aromatic nitrogens is 1. The first-order chi connectivity index (χ1) is 16.7. The van der Waals surface area contributed by atoms with Gasteiger partial charge in [0.2, 0.25) is 5.91 Å². The van der Waals surface area contributed by atoms with Crippen molar-refractivity contribution in [3.63, 3.8) is 0 Å². The molecule has 1 aromatic heterocycles. The molecule has 0 atom stereocenters. The number of urea groups is 1. The van der Waals surface area contributed by atoms with Gasteiger partial charge in [0.15, 0.2) is 0 Å². The van der Waals surface area contributed by atoms with Crippen molar-refractivity contribution in [2.24, 2.45) is 0 Å². The van der Waals surface area contributed by atoms with E-state index in [1.54, 1.807) is 30.3 Å². The molecule has 2 aromatic carbocycles. The third kappa shape index (κ3) is 4.93. The van der Waals surface area contributed by atoms with Crippen LogP contribution in [0.2, 0.25) is 0 Å². The first-order valence-electron chi connectivity index (χ1n) is 11.4. The van der Waals surface area contributed by atoms with E-state index in [0.29, 0.717) is 5.69 Å². The fourth-order valence-corrected chi connectivity index (χ4v) is 4.62. The van der Waals surface area contributed by atoms with Crippen LogP contribution < -0.4 is 10.6 Å². The van der Waals surface area contributed by atoms with Crippen LogP contribution in [0.4, 0.5) is 10.5 Å². The number of carbonyl (C=O) groups is 3. The molecule has 1 saturated heterocycles. The Balaban J connectivity index is 1.57. The second kappa shape index (κ2) is 9.92. The molecule has 0 radical (unpaired) electrons. The third-order valence-electron chi connectivity index (χ3n) is 6.09. The highest BCUT2D eigenvalue weighted by Crippen LogP contribution is 2.28. The molecule has 180 valence electrons. The largest absolute Gasteiger partial charge is 0.329 e. The summed E-state index contributed by atoms with van der Waals surface area (Å²) in [5.41, 5.74) is 7.09. The van der Waals surface area contributed by atoms with Gasteiger partial charge >= 0.3 is 6.03 Å². The van der Waals surface area contributed by atoms with Crippen LogP contribution in [0.25, 0.3) is 11.8 Å². The van der Waals surface area contributed by atoms with Crippen molar-refractivity contribution in [1.82, 2.24) is 14.8 Å². The van der Waals surface area contributed by atoms with E-state index >= 15 is 0 Å². The van der Waals surface area contributed by atoms with E-state index in [9.17, 15) is 14.4 Å². The summed E-state index contributed by atoms with van der Waals surface area (Å²) in [5, 5.41) is 5.31. The van der Waals surface area contributed by atoms with Crippen molar-refractivity contribution < 1.29 is 14.4 Å². The molecule has 2 N–H and O–H groups in total. The van der Waals surface area contributed by atoms with Gasteiger partial charge in [-0.1, -0.05) is 41.1 Å². The number of nitrogens with zero attached hydrogens (tertiary/aromatic N) is 2. The Kier molecular flexibility index (Phi) is 6.93. The number of anilines is 1. The zero-order valence-electron chi connectivity index (χ0n) is 20.1. The van der Waals surface area contributed by atoms with Gasteiger partial charge in [0, 0.05) is 21.5 Å². The molecule has 35 heavy (non-hydrogen) atoms. The molecule has 4 rings (SSSR count). The normalized spacial score (nSPS) is 14.5. The van der Waals surface area contributed by atoms with E-state index in [-0.39, 0.29) is 12.2 Å². The molecule has 1 fully saturated rings. The summed E-state index contributed by atoms with van der Waals surface area (Å²) < 4.78 is 3.07. The fourth-order valence-electron chi connectivity index (χ4n) is 4.35. The minimum absolute atomic E-state index is 0.146. The summed E-state index contributed by atoms with van der Waals surface area (Å²) in [6, 6.07) is 14.7. The average Bonchev–Trinajstić information content (AvgIpc) is 3.24. The molecule has 0 spiro atoms. The lowest BCUT2D eigenvalue weighted by molar-refractivity contribution is -0.127. The predicted octanol–water partition coefficient (Wildman–Crippen LogP) is 5.26. The van der Waals surface area contributed by atoms with E-state index in [0.717, 1.165) is 38.4 Å². The molecule has 4 amide bonds. The highest BCUT2D eigenvalue weighted by Gasteiger charge is 2.35. The van der Waals surface area contributed by atoms with Crippen LogP contribution in [0.15, 0.2) is 58.7 Å². The number of rotatable bonds is 6. The van der Waals surface area contributed by atoms with Gasteiger partial charge in [-0.3, -0.25) is 9.59 Å². The Morgan fingerprint density at radius 3 is 2.49 bits per heavy atom. The highest BCUT2D eigenvalue weighted by atomic mass is 79.9. The van der Waals surface area contributed by atoms with Gasteiger partial charge < -0.3 is 15.2 Å².